The van der Waals surface area contributed by atoms with Crippen LogP contribution in [-0.2, 0) is 4.79 Å². The van der Waals surface area contributed by atoms with Crippen LogP contribution in [0.1, 0.15) is 25.1 Å². The molecule has 0 fully saturated rings. The molecule has 1 aromatic rings. The molecule has 6 heteroatoms. The van der Waals surface area contributed by atoms with E-state index in [1.807, 2.05) is 19.1 Å². The van der Waals surface area contributed by atoms with E-state index in [2.05, 4.69) is 20.7 Å². The Labute approximate surface area is 116 Å². The molecule has 1 aromatic heterocycles. The van der Waals surface area contributed by atoms with Gasteiger partial charge in [0, 0.05) is 0 Å². The number of carbonyl (C=O) groups is 1. The number of aromatic amines is 1. The number of hydrogen-bond acceptors (Lipinski definition) is 4. The molecule has 1 aliphatic heterocycles. The fourth-order valence-corrected chi connectivity index (χ4v) is 1.73. The zero-order valence-electron chi connectivity index (χ0n) is 11.6. The molecule has 2 heterocycles. The minimum absolute atomic E-state index is 0.0445. The maximum Gasteiger partial charge on any atom is 0.273 e. The average Bonchev–Trinajstić information content (AvgIpc) is 2.89. The summed E-state index contributed by atoms with van der Waals surface area (Å²) >= 11 is 0. The van der Waals surface area contributed by atoms with E-state index in [4.69, 9.17) is 0 Å². The van der Waals surface area contributed by atoms with Gasteiger partial charge in [-0.15, -0.1) is 0 Å². The van der Waals surface area contributed by atoms with Crippen molar-refractivity contribution in [1.29, 1.82) is 0 Å². The molecule has 0 unspecified atom stereocenters. The molecule has 1 aliphatic rings. The Morgan fingerprint density at radius 3 is 2.65 bits per heavy atom. The number of carbonyl (C=O) groups excluding carboxylic acids is 1. The summed E-state index contributed by atoms with van der Waals surface area (Å²) in [5.74, 6) is -0.151. The van der Waals surface area contributed by atoms with Gasteiger partial charge >= 0.3 is 0 Å². The summed E-state index contributed by atoms with van der Waals surface area (Å²) in [6.45, 7) is 5.48. The minimum Gasteiger partial charge on any atom is -0.493 e. The van der Waals surface area contributed by atoms with Gasteiger partial charge in [0.15, 0.2) is 0 Å². The first-order chi connectivity index (χ1) is 9.49. The summed E-state index contributed by atoms with van der Waals surface area (Å²) in [6, 6.07) is 0. The number of aromatic hydroxyl groups is 1. The second-order valence-corrected chi connectivity index (χ2v) is 4.53. The van der Waals surface area contributed by atoms with E-state index in [9.17, 15) is 9.90 Å². The highest BCUT2D eigenvalue weighted by Crippen LogP contribution is 2.19. The Morgan fingerprint density at radius 1 is 1.35 bits per heavy atom. The van der Waals surface area contributed by atoms with E-state index in [0.717, 1.165) is 11.3 Å². The van der Waals surface area contributed by atoms with Crippen molar-refractivity contribution in [2.75, 3.05) is 0 Å². The van der Waals surface area contributed by atoms with Crippen LogP contribution in [0.3, 0.4) is 0 Å². The van der Waals surface area contributed by atoms with Crippen molar-refractivity contribution in [3.8, 4) is 5.88 Å². The number of allylic oxidation sites excluding steroid dienone is 4. The molecule has 0 atom stereocenters. The van der Waals surface area contributed by atoms with Gasteiger partial charge in [-0.25, -0.2) is 10.5 Å². The first kappa shape index (κ1) is 13.8. The molecule has 0 spiro atoms. The zero-order chi connectivity index (χ0) is 14.7. The fraction of sp³-hybridized carbons (Fsp3) is 0.214. The van der Waals surface area contributed by atoms with Gasteiger partial charge in [0.1, 0.15) is 0 Å². The van der Waals surface area contributed by atoms with Gasteiger partial charge in [-0.3, -0.25) is 4.79 Å². The van der Waals surface area contributed by atoms with Gasteiger partial charge in [-0.1, -0.05) is 17.7 Å². The maximum atomic E-state index is 11.4. The Hall–Kier alpha value is -2.63. The van der Waals surface area contributed by atoms with Gasteiger partial charge in [0.05, 0.1) is 22.5 Å². The fourth-order valence-electron chi connectivity index (χ4n) is 1.73. The number of aromatic nitrogens is 2. The predicted molar refractivity (Wildman–Crippen MR) is 77.1 cm³/mol. The number of nitrogens with one attached hydrogen (secondary N) is 2. The molecule has 0 saturated carbocycles. The summed E-state index contributed by atoms with van der Waals surface area (Å²) < 4.78 is 0. The lowest BCUT2D eigenvalue weighted by Crippen LogP contribution is -2.12. The van der Waals surface area contributed by atoms with Crippen LogP contribution in [0, 0.1) is 6.92 Å². The standard InChI is InChI=1S/C14H16N4O2/c1-8(4-6-11-9(2)15-17-13(11)19)5-7-12-10(3)16-18-14(12)20/h4-7H,1-3H3,(H,17,19)(H2,16,18,20). The number of H-pyrrole nitrogens is 1. The summed E-state index contributed by atoms with van der Waals surface area (Å²) in [4.78, 5) is 11.4. The van der Waals surface area contributed by atoms with Crippen LogP contribution in [-0.4, -0.2) is 26.9 Å². The van der Waals surface area contributed by atoms with Gasteiger partial charge < -0.3 is 5.11 Å². The Kier molecular flexibility index (Phi) is 3.84. The van der Waals surface area contributed by atoms with Crippen LogP contribution in [0.25, 0.3) is 6.08 Å². The molecule has 20 heavy (non-hydrogen) atoms. The lowest BCUT2D eigenvalue weighted by Gasteiger charge is -1.94. The summed E-state index contributed by atoms with van der Waals surface area (Å²) in [7, 11) is 0. The first-order valence-electron chi connectivity index (χ1n) is 6.14. The zero-order valence-corrected chi connectivity index (χ0v) is 11.6. The molecule has 2 rings (SSSR count). The van der Waals surface area contributed by atoms with Crippen molar-refractivity contribution < 1.29 is 9.90 Å². The summed E-state index contributed by atoms with van der Waals surface area (Å²) in [6.07, 6.45) is 7.16. The molecule has 1 amide bonds. The van der Waals surface area contributed by atoms with E-state index >= 15 is 0 Å². The number of hydrazone groups is 1. The average molecular weight is 272 g/mol. The number of aryl methyl sites for hydroxylation is 1. The Morgan fingerprint density at radius 2 is 2.10 bits per heavy atom. The Bertz CT molecular complexity index is 643. The van der Waals surface area contributed by atoms with Crippen molar-refractivity contribution >= 4 is 17.7 Å². The highest BCUT2D eigenvalue weighted by molar-refractivity contribution is 6.24. The molecule has 6 nitrogen and oxygen atoms in total. The molecule has 3 N–H and O–H groups in total. The quantitative estimate of drug-likeness (QED) is 0.579. The third-order valence-electron chi connectivity index (χ3n) is 2.96. The SMILES string of the molecule is CC(C=Cc1c(C)n[nH]c1O)=CC=C1C(=O)NN=C1C. The molecular formula is C14H16N4O2. The van der Waals surface area contributed by atoms with Crippen LogP contribution in [0.5, 0.6) is 5.88 Å². The van der Waals surface area contributed by atoms with Crippen molar-refractivity contribution in [3.63, 3.8) is 0 Å². The van der Waals surface area contributed by atoms with Crippen molar-refractivity contribution in [2.24, 2.45) is 5.10 Å². The maximum absolute atomic E-state index is 11.4. The van der Waals surface area contributed by atoms with Crippen molar-refractivity contribution in [2.45, 2.75) is 20.8 Å². The summed E-state index contributed by atoms with van der Waals surface area (Å²) in [5.41, 5.74) is 5.94. The number of amides is 1. The van der Waals surface area contributed by atoms with E-state index in [1.54, 1.807) is 26.0 Å². The van der Waals surface area contributed by atoms with Crippen molar-refractivity contribution in [3.05, 3.63) is 40.6 Å². The third kappa shape index (κ3) is 2.85. The number of nitrogens with zero attached hydrogens (tertiary/aromatic N) is 2. The second-order valence-electron chi connectivity index (χ2n) is 4.53. The molecule has 0 radical (unpaired) electrons. The van der Waals surface area contributed by atoms with E-state index in [1.165, 1.54) is 0 Å². The lowest BCUT2D eigenvalue weighted by atomic mass is 10.1. The van der Waals surface area contributed by atoms with E-state index in [-0.39, 0.29) is 11.8 Å². The van der Waals surface area contributed by atoms with Crippen molar-refractivity contribution in [1.82, 2.24) is 15.6 Å². The smallest absolute Gasteiger partial charge is 0.273 e. The monoisotopic (exact) mass is 272 g/mol. The van der Waals surface area contributed by atoms with Gasteiger partial charge in [0.2, 0.25) is 5.88 Å². The third-order valence-corrected chi connectivity index (χ3v) is 2.96. The molecule has 104 valence electrons. The lowest BCUT2D eigenvalue weighted by molar-refractivity contribution is -0.116. The van der Waals surface area contributed by atoms with Crippen LogP contribution >= 0.6 is 0 Å². The van der Waals surface area contributed by atoms with Crippen LogP contribution in [0.15, 0.2) is 34.5 Å². The first-order valence-corrected chi connectivity index (χ1v) is 6.14. The van der Waals surface area contributed by atoms with Gasteiger partial charge in [-0.2, -0.15) is 10.2 Å². The second kappa shape index (κ2) is 5.56. The molecular weight excluding hydrogens is 256 g/mol. The highest BCUT2D eigenvalue weighted by atomic mass is 16.3. The predicted octanol–water partition coefficient (Wildman–Crippen LogP) is 1.82. The molecule has 0 saturated heterocycles. The number of hydrogen-bond donors (Lipinski definition) is 3. The molecule has 0 aromatic carbocycles. The minimum atomic E-state index is -0.196. The van der Waals surface area contributed by atoms with Crippen LogP contribution in [0.2, 0.25) is 0 Å². The van der Waals surface area contributed by atoms with Crippen LogP contribution in [0.4, 0.5) is 0 Å². The van der Waals surface area contributed by atoms with Gasteiger partial charge in [0.25, 0.3) is 5.91 Å². The molecule has 0 aliphatic carbocycles. The highest BCUT2D eigenvalue weighted by Gasteiger charge is 2.17. The summed E-state index contributed by atoms with van der Waals surface area (Å²) in [5, 5.41) is 19.8. The largest absolute Gasteiger partial charge is 0.493 e. The normalized spacial score (nSPS) is 17.9. The topological polar surface area (TPSA) is 90.4 Å². The van der Waals surface area contributed by atoms with Gasteiger partial charge in [-0.05, 0) is 32.9 Å². The van der Waals surface area contributed by atoms with E-state index < -0.39 is 0 Å². The van der Waals surface area contributed by atoms with E-state index in [0.29, 0.717) is 16.8 Å². The Balaban J connectivity index is 2.15. The number of rotatable bonds is 3. The molecule has 0 bridgehead atoms. The van der Waals surface area contributed by atoms with Crippen LogP contribution < -0.4 is 5.43 Å².